The van der Waals surface area contributed by atoms with Gasteiger partial charge in [-0.15, -0.1) is 0 Å². The molecule has 6 nitrogen and oxygen atoms in total. The molecule has 0 saturated carbocycles. The highest BCUT2D eigenvalue weighted by Crippen LogP contribution is 2.31. The van der Waals surface area contributed by atoms with Crippen molar-refractivity contribution in [2.24, 2.45) is 0 Å². The van der Waals surface area contributed by atoms with Gasteiger partial charge in [0.2, 0.25) is 0 Å². The molecule has 0 bridgehead atoms. The Morgan fingerprint density at radius 2 is 1.69 bits per heavy atom. The Bertz CT molecular complexity index is 670. The van der Waals surface area contributed by atoms with Crippen LogP contribution in [0.25, 0.3) is 0 Å². The van der Waals surface area contributed by atoms with Crippen molar-refractivity contribution < 1.29 is 23.8 Å². The maximum atomic E-state index is 12.4. The molecule has 0 spiro atoms. The lowest BCUT2D eigenvalue weighted by molar-refractivity contribution is -0.157. The SMILES string of the molecule is CC(C)(C)OC(=O)COc1ccc2c(c1)CCCN2C(=O)OC(C)(C)C. The smallest absolute Gasteiger partial charge is 0.414 e. The fraction of sp³-hybridized carbons (Fsp3) is 0.600. The molecule has 1 aromatic carbocycles. The largest absolute Gasteiger partial charge is 0.482 e. The van der Waals surface area contributed by atoms with Gasteiger partial charge in [0, 0.05) is 6.54 Å². The summed E-state index contributed by atoms with van der Waals surface area (Å²) in [6.07, 6.45) is 1.35. The number of benzene rings is 1. The maximum absolute atomic E-state index is 12.4. The Kier molecular flexibility index (Phi) is 5.84. The summed E-state index contributed by atoms with van der Waals surface area (Å²) in [6.45, 7) is 11.5. The summed E-state index contributed by atoms with van der Waals surface area (Å²) in [5, 5.41) is 0. The van der Waals surface area contributed by atoms with Gasteiger partial charge in [0.1, 0.15) is 17.0 Å². The van der Waals surface area contributed by atoms with E-state index in [1.54, 1.807) is 11.0 Å². The van der Waals surface area contributed by atoms with E-state index < -0.39 is 17.2 Å². The van der Waals surface area contributed by atoms with E-state index in [1.165, 1.54) is 0 Å². The van der Waals surface area contributed by atoms with E-state index in [9.17, 15) is 9.59 Å². The minimum atomic E-state index is -0.537. The molecule has 0 unspecified atom stereocenters. The number of fused-ring (bicyclic) bond motifs is 1. The third-order valence-electron chi connectivity index (χ3n) is 3.56. The van der Waals surface area contributed by atoms with Gasteiger partial charge < -0.3 is 14.2 Å². The number of rotatable bonds is 3. The minimum Gasteiger partial charge on any atom is -0.482 e. The Labute approximate surface area is 155 Å². The molecule has 0 atom stereocenters. The second-order valence-electron chi connectivity index (χ2n) is 8.40. The zero-order valence-electron chi connectivity index (χ0n) is 16.5. The zero-order chi connectivity index (χ0) is 19.5. The number of aryl methyl sites for hydroxylation is 1. The van der Waals surface area contributed by atoms with Gasteiger partial charge in [0.15, 0.2) is 6.61 Å². The molecule has 1 aliphatic heterocycles. The first kappa shape index (κ1) is 20.1. The van der Waals surface area contributed by atoms with Crippen LogP contribution in [0.4, 0.5) is 10.5 Å². The van der Waals surface area contributed by atoms with Crippen LogP contribution in [-0.2, 0) is 20.7 Å². The van der Waals surface area contributed by atoms with Gasteiger partial charge in [0.25, 0.3) is 0 Å². The second kappa shape index (κ2) is 7.56. The lowest BCUT2D eigenvalue weighted by atomic mass is 10.0. The van der Waals surface area contributed by atoms with Crippen molar-refractivity contribution >= 4 is 17.7 Å². The first-order chi connectivity index (χ1) is 11.9. The van der Waals surface area contributed by atoms with E-state index >= 15 is 0 Å². The van der Waals surface area contributed by atoms with Gasteiger partial charge >= 0.3 is 12.1 Å². The van der Waals surface area contributed by atoms with Crippen LogP contribution in [0.15, 0.2) is 18.2 Å². The van der Waals surface area contributed by atoms with E-state index in [-0.39, 0.29) is 12.7 Å². The number of esters is 1. The molecular formula is C20H29NO5. The van der Waals surface area contributed by atoms with Crippen LogP contribution >= 0.6 is 0 Å². The van der Waals surface area contributed by atoms with Crippen molar-refractivity contribution in [2.45, 2.75) is 65.6 Å². The van der Waals surface area contributed by atoms with Crippen LogP contribution in [0.1, 0.15) is 53.5 Å². The van der Waals surface area contributed by atoms with E-state index in [0.717, 1.165) is 24.1 Å². The van der Waals surface area contributed by atoms with Crippen LogP contribution in [-0.4, -0.2) is 36.4 Å². The molecule has 1 aromatic rings. The molecule has 1 amide bonds. The Hall–Kier alpha value is -2.24. The number of carbonyl (C=O) groups excluding carboxylic acids is 2. The molecule has 0 saturated heterocycles. The normalized spacial score (nSPS) is 14.5. The van der Waals surface area contributed by atoms with Crippen molar-refractivity contribution in [3.8, 4) is 5.75 Å². The van der Waals surface area contributed by atoms with Gasteiger partial charge in [-0.25, -0.2) is 9.59 Å². The van der Waals surface area contributed by atoms with Gasteiger partial charge in [-0.2, -0.15) is 0 Å². The summed E-state index contributed by atoms with van der Waals surface area (Å²) in [7, 11) is 0. The predicted molar refractivity (Wildman–Crippen MR) is 99.7 cm³/mol. The molecule has 26 heavy (non-hydrogen) atoms. The highest BCUT2D eigenvalue weighted by molar-refractivity contribution is 5.89. The molecular weight excluding hydrogens is 334 g/mol. The molecule has 0 aromatic heterocycles. The highest BCUT2D eigenvalue weighted by Gasteiger charge is 2.27. The molecule has 1 aliphatic rings. The van der Waals surface area contributed by atoms with Gasteiger partial charge in [0.05, 0.1) is 5.69 Å². The fourth-order valence-corrected chi connectivity index (χ4v) is 2.68. The minimum absolute atomic E-state index is 0.147. The molecule has 6 heteroatoms. The number of hydrogen-bond acceptors (Lipinski definition) is 5. The third-order valence-corrected chi connectivity index (χ3v) is 3.56. The van der Waals surface area contributed by atoms with Crippen LogP contribution in [0.3, 0.4) is 0 Å². The van der Waals surface area contributed by atoms with Crippen LogP contribution in [0.5, 0.6) is 5.75 Å². The molecule has 0 N–H and O–H groups in total. The number of anilines is 1. The van der Waals surface area contributed by atoms with E-state index in [1.807, 2.05) is 53.7 Å². The van der Waals surface area contributed by atoms with E-state index in [4.69, 9.17) is 14.2 Å². The molecule has 0 radical (unpaired) electrons. The number of ether oxygens (including phenoxy) is 3. The van der Waals surface area contributed by atoms with Gasteiger partial charge in [-0.3, -0.25) is 4.90 Å². The lowest BCUT2D eigenvalue weighted by Crippen LogP contribution is -2.39. The first-order valence-corrected chi connectivity index (χ1v) is 8.93. The molecule has 0 aliphatic carbocycles. The monoisotopic (exact) mass is 363 g/mol. The van der Waals surface area contributed by atoms with Gasteiger partial charge in [-0.1, -0.05) is 0 Å². The standard InChI is InChI=1S/C20H29NO5/c1-19(2,3)25-17(22)13-24-15-9-10-16-14(12-15)8-7-11-21(16)18(23)26-20(4,5)6/h9-10,12H,7-8,11,13H2,1-6H3. The fourth-order valence-electron chi connectivity index (χ4n) is 2.68. The molecule has 1 heterocycles. The predicted octanol–water partition coefficient (Wildman–Crippen LogP) is 4.09. The summed E-state index contributed by atoms with van der Waals surface area (Å²) in [4.78, 5) is 25.9. The lowest BCUT2D eigenvalue weighted by Gasteiger charge is -2.31. The van der Waals surface area contributed by atoms with E-state index in [2.05, 4.69) is 0 Å². The van der Waals surface area contributed by atoms with Crippen molar-refractivity contribution in [3.63, 3.8) is 0 Å². The number of hydrogen-bond donors (Lipinski definition) is 0. The Morgan fingerprint density at radius 1 is 1.04 bits per heavy atom. The number of carbonyl (C=O) groups is 2. The summed E-state index contributed by atoms with van der Waals surface area (Å²) >= 11 is 0. The van der Waals surface area contributed by atoms with E-state index in [0.29, 0.717) is 12.3 Å². The quantitative estimate of drug-likeness (QED) is 0.757. The topological polar surface area (TPSA) is 65.1 Å². The van der Waals surface area contributed by atoms with Crippen molar-refractivity contribution in [1.82, 2.24) is 0 Å². The highest BCUT2D eigenvalue weighted by atomic mass is 16.6. The maximum Gasteiger partial charge on any atom is 0.414 e. The molecule has 0 fully saturated rings. The second-order valence-corrected chi connectivity index (χ2v) is 8.40. The van der Waals surface area contributed by atoms with Crippen molar-refractivity contribution in [2.75, 3.05) is 18.1 Å². The Morgan fingerprint density at radius 3 is 2.31 bits per heavy atom. The van der Waals surface area contributed by atoms with Crippen LogP contribution < -0.4 is 9.64 Å². The third kappa shape index (κ3) is 5.93. The summed E-state index contributed by atoms with van der Waals surface area (Å²) in [6, 6.07) is 5.46. The number of nitrogens with zero attached hydrogens (tertiary/aromatic N) is 1. The summed E-state index contributed by atoms with van der Waals surface area (Å²) < 4.78 is 16.3. The molecule has 144 valence electrons. The van der Waals surface area contributed by atoms with Crippen LogP contribution in [0, 0.1) is 0 Å². The molecule has 2 rings (SSSR count). The average molecular weight is 363 g/mol. The van der Waals surface area contributed by atoms with Crippen molar-refractivity contribution in [3.05, 3.63) is 23.8 Å². The van der Waals surface area contributed by atoms with Gasteiger partial charge in [-0.05, 0) is 78.1 Å². The van der Waals surface area contributed by atoms with Crippen molar-refractivity contribution in [1.29, 1.82) is 0 Å². The van der Waals surface area contributed by atoms with Crippen LogP contribution in [0.2, 0.25) is 0 Å². The summed E-state index contributed by atoms with van der Waals surface area (Å²) in [5.41, 5.74) is 0.758. The number of amides is 1. The Balaban J connectivity index is 2.05. The first-order valence-electron chi connectivity index (χ1n) is 8.93. The zero-order valence-corrected chi connectivity index (χ0v) is 16.5. The summed E-state index contributed by atoms with van der Waals surface area (Å²) in [5.74, 6) is 0.172. The average Bonchev–Trinajstić information content (AvgIpc) is 2.48.